The van der Waals surface area contributed by atoms with Crippen LogP contribution in [0.2, 0.25) is 0 Å². The smallest absolute Gasteiger partial charge is 0.254 e. The fraction of sp³-hybridized carbons (Fsp3) is 0.474. The first kappa shape index (κ1) is 16.6. The highest BCUT2D eigenvalue weighted by Crippen LogP contribution is 2.38. The molecule has 5 heterocycles. The number of aromatic nitrogens is 5. The van der Waals surface area contributed by atoms with E-state index < -0.39 is 0 Å². The van der Waals surface area contributed by atoms with Crippen molar-refractivity contribution in [3.05, 3.63) is 48.2 Å². The SMILES string of the molecule is Cc1cc(N2CC3(CC(OCc4ccccn4)CCO3)C2)n2ncnc2n1. The average molecular weight is 366 g/mol. The molecule has 2 saturated heterocycles. The number of pyridine rings is 1. The van der Waals surface area contributed by atoms with E-state index >= 15 is 0 Å². The molecule has 0 radical (unpaired) electrons. The van der Waals surface area contributed by atoms with Gasteiger partial charge < -0.3 is 14.4 Å². The van der Waals surface area contributed by atoms with Crippen LogP contribution in [0.25, 0.3) is 5.78 Å². The molecule has 140 valence electrons. The lowest BCUT2D eigenvalue weighted by atomic mass is 9.84. The van der Waals surface area contributed by atoms with Crippen LogP contribution in [0, 0.1) is 6.92 Å². The molecule has 2 fully saturated rings. The first-order valence-corrected chi connectivity index (χ1v) is 9.29. The summed E-state index contributed by atoms with van der Waals surface area (Å²) in [6, 6.07) is 7.95. The summed E-state index contributed by atoms with van der Waals surface area (Å²) in [5, 5.41) is 4.30. The van der Waals surface area contributed by atoms with Crippen molar-refractivity contribution in [2.45, 2.75) is 38.1 Å². The average Bonchev–Trinajstić information content (AvgIpc) is 3.13. The highest BCUT2D eigenvalue weighted by atomic mass is 16.5. The topological polar surface area (TPSA) is 77.7 Å². The van der Waals surface area contributed by atoms with Gasteiger partial charge in [0.1, 0.15) is 17.7 Å². The van der Waals surface area contributed by atoms with Crippen molar-refractivity contribution in [3.63, 3.8) is 0 Å². The predicted octanol–water partition coefficient (Wildman–Crippen LogP) is 1.78. The van der Waals surface area contributed by atoms with Crippen LogP contribution in [0.1, 0.15) is 24.2 Å². The third kappa shape index (κ3) is 3.15. The maximum Gasteiger partial charge on any atom is 0.254 e. The summed E-state index contributed by atoms with van der Waals surface area (Å²) in [6.45, 7) is 4.92. The number of ether oxygens (including phenoxy) is 2. The van der Waals surface area contributed by atoms with E-state index in [9.17, 15) is 0 Å². The van der Waals surface area contributed by atoms with Gasteiger partial charge in [0.05, 0.1) is 31.5 Å². The molecule has 1 unspecified atom stereocenters. The van der Waals surface area contributed by atoms with Crippen molar-refractivity contribution in [2.75, 3.05) is 24.6 Å². The van der Waals surface area contributed by atoms with Crippen molar-refractivity contribution >= 4 is 11.6 Å². The quantitative estimate of drug-likeness (QED) is 0.696. The van der Waals surface area contributed by atoms with Gasteiger partial charge in [-0.15, -0.1) is 0 Å². The van der Waals surface area contributed by atoms with Crippen molar-refractivity contribution in [1.29, 1.82) is 0 Å². The fourth-order valence-electron chi connectivity index (χ4n) is 3.98. The Hall–Kier alpha value is -2.58. The maximum atomic E-state index is 6.16. The van der Waals surface area contributed by atoms with Crippen LogP contribution in [0.3, 0.4) is 0 Å². The van der Waals surface area contributed by atoms with Crippen molar-refractivity contribution < 1.29 is 9.47 Å². The van der Waals surface area contributed by atoms with E-state index in [-0.39, 0.29) is 11.7 Å². The first-order chi connectivity index (χ1) is 13.2. The standard InChI is InChI=1S/C19H22N6O2/c1-14-8-17(25-18(23-14)21-13-22-25)24-11-19(12-24)9-16(5-7-27-19)26-10-15-4-2-3-6-20-15/h2-4,6,8,13,16H,5,7,9-12H2,1H3. The Kier molecular flexibility index (Phi) is 4.02. The second-order valence-corrected chi connectivity index (χ2v) is 7.36. The van der Waals surface area contributed by atoms with Crippen molar-refractivity contribution in [1.82, 2.24) is 24.6 Å². The summed E-state index contributed by atoms with van der Waals surface area (Å²) >= 11 is 0. The normalized spacial score (nSPS) is 21.5. The van der Waals surface area contributed by atoms with E-state index in [0.29, 0.717) is 12.4 Å². The van der Waals surface area contributed by atoms with Crippen LogP contribution >= 0.6 is 0 Å². The number of fused-ring (bicyclic) bond motifs is 1. The summed E-state index contributed by atoms with van der Waals surface area (Å²) in [7, 11) is 0. The van der Waals surface area contributed by atoms with Crippen LogP contribution in [-0.2, 0) is 16.1 Å². The first-order valence-electron chi connectivity index (χ1n) is 9.29. The Morgan fingerprint density at radius 3 is 3.07 bits per heavy atom. The van der Waals surface area contributed by atoms with E-state index in [1.54, 1.807) is 17.0 Å². The van der Waals surface area contributed by atoms with Crippen LogP contribution < -0.4 is 4.90 Å². The van der Waals surface area contributed by atoms with Gasteiger partial charge in [-0.1, -0.05) is 6.07 Å². The molecular weight excluding hydrogens is 344 g/mol. The van der Waals surface area contributed by atoms with Gasteiger partial charge in [0.25, 0.3) is 5.78 Å². The van der Waals surface area contributed by atoms with Gasteiger partial charge in [-0.25, -0.2) is 4.98 Å². The second kappa shape index (κ2) is 6.54. The summed E-state index contributed by atoms with van der Waals surface area (Å²) in [6.07, 6.45) is 5.38. The Morgan fingerprint density at radius 1 is 1.30 bits per heavy atom. The molecule has 27 heavy (non-hydrogen) atoms. The zero-order valence-electron chi connectivity index (χ0n) is 15.3. The van der Waals surface area contributed by atoms with Gasteiger partial charge in [0, 0.05) is 31.0 Å². The molecule has 1 atom stereocenters. The van der Waals surface area contributed by atoms with E-state index in [1.807, 2.05) is 31.2 Å². The molecule has 2 aliphatic rings. The molecule has 1 spiro atoms. The minimum Gasteiger partial charge on any atom is -0.372 e. The van der Waals surface area contributed by atoms with Gasteiger partial charge in [-0.2, -0.15) is 14.6 Å². The van der Waals surface area contributed by atoms with Crippen molar-refractivity contribution in [2.24, 2.45) is 0 Å². The van der Waals surface area contributed by atoms with Gasteiger partial charge in [-0.3, -0.25) is 4.98 Å². The Bertz CT molecular complexity index is 938. The maximum absolute atomic E-state index is 6.16. The van der Waals surface area contributed by atoms with Crippen LogP contribution in [-0.4, -0.2) is 56.0 Å². The van der Waals surface area contributed by atoms with Gasteiger partial charge in [-0.05, 0) is 25.5 Å². The molecule has 0 bridgehead atoms. The van der Waals surface area contributed by atoms with Gasteiger partial charge in [0.15, 0.2) is 0 Å². The molecule has 0 amide bonds. The molecule has 2 aliphatic heterocycles. The minimum absolute atomic E-state index is 0.142. The van der Waals surface area contributed by atoms with Gasteiger partial charge >= 0.3 is 0 Å². The Morgan fingerprint density at radius 2 is 2.22 bits per heavy atom. The molecule has 8 nitrogen and oxygen atoms in total. The number of aryl methyl sites for hydroxylation is 1. The highest BCUT2D eigenvalue weighted by molar-refractivity contribution is 5.50. The van der Waals surface area contributed by atoms with Gasteiger partial charge in [0.2, 0.25) is 0 Å². The molecule has 0 aromatic carbocycles. The Balaban J connectivity index is 1.25. The van der Waals surface area contributed by atoms with Crippen LogP contribution in [0.5, 0.6) is 0 Å². The number of hydrogen-bond donors (Lipinski definition) is 0. The number of nitrogens with zero attached hydrogens (tertiary/aromatic N) is 6. The summed E-state index contributed by atoms with van der Waals surface area (Å²) in [5.41, 5.74) is 1.76. The lowest BCUT2D eigenvalue weighted by Crippen LogP contribution is -2.66. The lowest BCUT2D eigenvalue weighted by Gasteiger charge is -2.53. The fourth-order valence-corrected chi connectivity index (χ4v) is 3.98. The zero-order chi connectivity index (χ0) is 18.3. The summed E-state index contributed by atoms with van der Waals surface area (Å²) in [4.78, 5) is 15.2. The van der Waals surface area contributed by atoms with E-state index in [1.165, 1.54) is 0 Å². The number of rotatable bonds is 4. The van der Waals surface area contributed by atoms with Crippen molar-refractivity contribution in [3.8, 4) is 0 Å². The molecule has 3 aromatic heterocycles. The van der Waals surface area contributed by atoms with Crippen LogP contribution in [0.4, 0.5) is 5.82 Å². The summed E-state index contributed by atoms with van der Waals surface area (Å²) in [5.74, 6) is 1.65. The molecule has 0 aliphatic carbocycles. The molecule has 3 aromatic rings. The third-order valence-corrected chi connectivity index (χ3v) is 5.28. The number of hydrogen-bond acceptors (Lipinski definition) is 7. The number of anilines is 1. The van der Waals surface area contributed by atoms with Crippen LogP contribution in [0.15, 0.2) is 36.8 Å². The monoisotopic (exact) mass is 366 g/mol. The molecule has 8 heteroatoms. The highest BCUT2D eigenvalue weighted by Gasteiger charge is 2.48. The van der Waals surface area contributed by atoms with E-state index in [4.69, 9.17) is 9.47 Å². The predicted molar refractivity (Wildman–Crippen MR) is 98.5 cm³/mol. The van der Waals surface area contributed by atoms with E-state index in [0.717, 1.165) is 49.7 Å². The third-order valence-electron chi connectivity index (χ3n) is 5.28. The lowest BCUT2D eigenvalue weighted by molar-refractivity contribution is -0.148. The largest absolute Gasteiger partial charge is 0.372 e. The van der Waals surface area contributed by atoms with E-state index in [2.05, 4.69) is 25.0 Å². The minimum atomic E-state index is -0.142. The second-order valence-electron chi connectivity index (χ2n) is 7.36. The molecule has 0 saturated carbocycles. The molecule has 5 rings (SSSR count). The Labute approximate surface area is 157 Å². The zero-order valence-corrected chi connectivity index (χ0v) is 15.3. The summed E-state index contributed by atoms with van der Waals surface area (Å²) < 4.78 is 14.1. The molecular formula is C19H22N6O2. The molecule has 0 N–H and O–H groups in total.